The van der Waals surface area contributed by atoms with Crippen LogP contribution in [0.4, 0.5) is 0 Å². The molecule has 2 N–H and O–H groups in total. The molecule has 1 unspecified atom stereocenters. The predicted molar refractivity (Wildman–Crippen MR) is 62.4 cm³/mol. The molecule has 4 heteroatoms. The van der Waals surface area contributed by atoms with Gasteiger partial charge in [-0.25, -0.2) is 0 Å². The number of hydrogen-bond donors (Lipinski definition) is 2. The summed E-state index contributed by atoms with van der Waals surface area (Å²) < 4.78 is 0. The Morgan fingerprint density at radius 2 is 2.25 bits per heavy atom. The van der Waals surface area contributed by atoms with E-state index in [1.165, 1.54) is 0 Å². The van der Waals surface area contributed by atoms with Crippen LogP contribution in [0.1, 0.15) is 12.5 Å². The van der Waals surface area contributed by atoms with E-state index in [0.717, 1.165) is 5.56 Å². The molecule has 0 aliphatic heterocycles. The average molecular weight is 217 g/mol. The second kappa shape index (κ2) is 6.59. The van der Waals surface area contributed by atoms with E-state index >= 15 is 0 Å². The zero-order valence-corrected chi connectivity index (χ0v) is 9.23. The first kappa shape index (κ1) is 12.2. The van der Waals surface area contributed by atoms with Crippen molar-refractivity contribution < 1.29 is 4.79 Å². The van der Waals surface area contributed by atoms with Gasteiger partial charge >= 0.3 is 0 Å². The smallest absolute Gasteiger partial charge is 0.237 e. The summed E-state index contributed by atoms with van der Waals surface area (Å²) in [7, 11) is 0. The highest BCUT2D eigenvalue weighted by atomic mass is 16.2. The van der Waals surface area contributed by atoms with Gasteiger partial charge < -0.3 is 10.6 Å². The van der Waals surface area contributed by atoms with Gasteiger partial charge in [-0.2, -0.15) is 0 Å². The Morgan fingerprint density at radius 1 is 1.56 bits per heavy atom. The van der Waals surface area contributed by atoms with E-state index in [2.05, 4.69) is 21.5 Å². The first-order valence-electron chi connectivity index (χ1n) is 5.07. The third-order valence-electron chi connectivity index (χ3n) is 2.12. The number of amides is 1. The fourth-order valence-electron chi connectivity index (χ4n) is 1.16. The number of carbonyl (C=O) groups excluding carboxylic acids is 1. The maximum absolute atomic E-state index is 11.4. The Kier molecular flexibility index (Phi) is 5.03. The van der Waals surface area contributed by atoms with Gasteiger partial charge in [-0.3, -0.25) is 9.78 Å². The van der Waals surface area contributed by atoms with Gasteiger partial charge in [-0.05, 0) is 24.6 Å². The molecule has 0 saturated heterocycles. The van der Waals surface area contributed by atoms with Gasteiger partial charge in [0.15, 0.2) is 0 Å². The highest BCUT2D eigenvalue weighted by Gasteiger charge is 2.10. The minimum Gasteiger partial charge on any atom is -0.344 e. The van der Waals surface area contributed by atoms with Crippen LogP contribution in [0.25, 0.3) is 0 Å². The number of nitrogens with one attached hydrogen (secondary N) is 2. The molecule has 1 aromatic heterocycles. The molecule has 1 aromatic rings. The van der Waals surface area contributed by atoms with Gasteiger partial charge in [-0.15, -0.1) is 6.42 Å². The minimum atomic E-state index is -0.262. The summed E-state index contributed by atoms with van der Waals surface area (Å²) in [5.74, 6) is 2.27. The number of nitrogens with zero attached hydrogens (tertiary/aromatic N) is 1. The summed E-state index contributed by atoms with van der Waals surface area (Å²) in [4.78, 5) is 15.4. The third-order valence-corrected chi connectivity index (χ3v) is 2.12. The summed E-state index contributed by atoms with van der Waals surface area (Å²) in [5, 5.41) is 5.72. The van der Waals surface area contributed by atoms with Crippen LogP contribution >= 0.6 is 0 Å². The van der Waals surface area contributed by atoms with Crippen LogP contribution in [-0.4, -0.2) is 23.5 Å². The van der Waals surface area contributed by atoms with E-state index in [0.29, 0.717) is 6.54 Å². The van der Waals surface area contributed by atoms with Crippen molar-refractivity contribution in [2.75, 3.05) is 6.54 Å². The lowest BCUT2D eigenvalue weighted by atomic mass is 10.2. The molecule has 1 heterocycles. The summed E-state index contributed by atoms with van der Waals surface area (Å²) in [5.41, 5.74) is 1.09. The molecule has 1 rings (SSSR count). The van der Waals surface area contributed by atoms with Crippen LogP contribution in [-0.2, 0) is 11.3 Å². The Labute approximate surface area is 95.5 Å². The Balaban J connectivity index is 2.33. The van der Waals surface area contributed by atoms with Crippen molar-refractivity contribution in [3.05, 3.63) is 30.1 Å². The molecule has 1 amide bonds. The van der Waals surface area contributed by atoms with E-state index in [4.69, 9.17) is 6.42 Å². The molecule has 0 bridgehead atoms. The van der Waals surface area contributed by atoms with Crippen LogP contribution in [0.5, 0.6) is 0 Å². The molecular formula is C12H15N3O. The molecular weight excluding hydrogens is 202 g/mol. The Morgan fingerprint density at radius 3 is 2.88 bits per heavy atom. The van der Waals surface area contributed by atoms with Crippen molar-refractivity contribution >= 4 is 5.91 Å². The zero-order chi connectivity index (χ0) is 11.8. The monoisotopic (exact) mass is 217 g/mol. The molecule has 0 fully saturated rings. The maximum atomic E-state index is 11.4. The van der Waals surface area contributed by atoms with Gasteiger partial charge in [-0.1, -0.05) is 5.92 Å². The normalized spacial score (nSPS) is 11.5. The quantitative estimate of drug-likeness (QED) is 0.698. The topological polar surface area (TPSA) is 54.0 Å². The first-order chi connectivity index (χ1) is 7.74. The lowest BCUT2D eigenvalue weighted by Crippen LogP contribution is -2.41. The Hall–Kier alpha value is -1.86. The number of aromatic nitrogens is 1. The third kappa shape index (κ3) is 4.11. The lowest BCUT2D eigenvalue weighted by molar-refractivity contribution is -0.122. The summed E-state index contributed by atoms with van der Waals surface area (Å²) in [6, 6.07) is 3.54. The second-order valence-corrected chi connectivity index (χ2v) is 3.38. The van der Waals surface area contributed by atoms with Crippen molar-refractivity contribution in [2.24, 2.45) is 0 Å². The van der Waals surface area contributed by atoms with E-state index in [1.54, 1.807) is 19.3 Å². The second-order valence-electron chi connectivity index (χ2n) is 3.38. The molecule has 16 heavy (non-hydrogen) atoms. The predicted octanol–water partition coefficient (Wildman–Crippen LogP) is 0.309. The van der Waals surface area contributed by atoms with Gasteiger partial charge in [0.05, 0.1) is 12.6 Å². The number of carbonyl (C=O) groups is 1. The molecule has 84 valence electrons. The summed E-state index contributed by atoms with van der Waals surface area (Å²) in [6.45, 7) is 2.69. The van der Waals surface area contributed by atoms with Crippen molar-refractivity contribution in [3.63, 3.8) is 0 Å². The van der Waals surface area contributed by atoms with Crippen molar-refractivity contribution in [3.8, 4) is 12.3 Å². The maximum Gasteiger partial charge on any atom is 0.237 e. The van der Waals surface area contributed by atoms with Gasteiger partial charge in [0.1, 0.15) is 0 Å². The van der Waals surface area contributed by atoms with Crippen LogP contribution in [0.15, 0.2) is 24.5 Å². The van der Waals surface area contributed by atoms with Gasteiger partial charge in [0.2, 0.25) is 5.91 Å². The van der Waals surface area contributed by atoms with E-state index in [1.807, 2.05) is 12.1 Å². The first-order valence-corrected chi connectivity index (χ1v) is 5.07. The van der Waals surface area contributed by atoms with Crippen LogP contribution in [0.3, 0.4) is 0 Å². The van der Waals surface area contributed by atoms with E-state index in [9.17, 15) is 4.79 Å². The van der Waals surface area contributed by atoms with E-state index in [-0.39, 0.29) is 18.5 Å². The van der Waals surface area contributed by atoms with Crippen LogP contribution in [0.2, 0.25) is 0 Å². The molecule has 4 nitrogen and oxygen atoms in total. The summed E-state index contributed by atoms with van der Waals surface area (Å²) >= 11 is 0. The average Bonchev–Trinajstić information content (AvgIpc) is 2.34. The lowest BCUT2D eigenvalue weighted by Gasteiger charge is -2.12. The molecule has 0 aliphatic rings. The molecule has 0 saturated carbocycles. The standard InChI is InChI=1S/C12H15N3O/c1-3-6-14-12(16)10(2)15-9-11-4-7-13-8-5-11/h1,4-5,7-8,10,15H,6,9H2,2H3,(H,14,16). The Bertz CT molecular complexity index is 370. The fourth-order valence-corrected chi connectivity index (χ4v) is 1.16. The molecule has 0 radical (unpaired) electrons. The molecule has 0 spiro atoms. The van der Waals surface area contributed by atoms with E-state index < -0.39 is 0 Å². The van der Waals surface area contributed by atoms with Gasteiger partial charge in [0, 0.05) is 18.9 Å². The fraction of sp³-hybridized carbons (Fsp3) is 0.333. The largest absolute Gasteiger partial charge is 0.344 e. The summed E-state index contributed by atoms with van der Waals surface area (Å²) in [6.07, 6.45) is 8.49. The molecule has 0 aliphatic carbocycles. The minimum absolute atomic E-state index is 0.0907. The zero-order valence-electron chi connectivity index (χ0n) is 9.23. The number of rotatable bonds is 5. The highest BCUT2D eigenvalue weighted by molar-refractivity contribution is 5.81. The molecule has 1 atom stereocenters. The van der Waals surface area contributed by atoms with Crippen molar-refractivity contribution in [2.45, 2.75) is 19.5 Å². The van der Waals surface area contributed by atoms with Crippen molar-refractivity contribution in [1.82, 2.24) is 15.6 Å². The van der Waals surface area contributed by atoms with Crippen LogP contribution < -0.4 is 10.6 Å². The number of hydrogen-bond acceptors (Lipinski definition) is 3. The SMILES string of the molecule is C#CCNC(=O)C(C)NCc1ccncc1. The number of terminal acetylenes is 1. The highest BCUT2D eigenvalue weighted by Crippen LogP contribution is 1.96. The molecule has 0 aromatic carbocycles. The number of pyridine rings is 1. The van der Waals surface area contributed by atoms with Crippen LogP contribution in [0, 0.1) is 12.3 Å². The van der Waals surface area contributed by atoms with Gasteiger partial charge in [0.25, 0.3) is 0 Å². The van der Waals surface area contributed by atoms with Crippen molar-refractivity contribution in [1.29, 1.82) is 0 Å².